The Bertz CT molecular complexity index is 296. The summed E-state index contributed by atoms with van der Waals surface area (Å²) in [6, 6.07) is 0.774. The first-order chi connectivity index (χ1) is 6.79. The van der Waals surface area contributed by atoms with Gasteiger partial charge in [0.2, 0.25) is 0 Å². The first-order valence-electron chi connectivity index (χ1n) is 5.00. The highest BCUT2D eigenvalue weighted by Crippen LogP contribution is 2.28. The fraction of sp³-hybridized carbons (Fsp3) is 0.700. The highest BCUT2D eigenvalue weighted by Gasteiger charge is 2.28. The van der Waals surface area contributed by atoms with Crippen LogP contribution in [0.1, 0.15) is 23.5 Å². The standard InChI is InChI=1S/C10H15ClN2S/c1-8-12-9(7-14-8)6-13(5-4-11)10-2-3-10/h7,10H,2-6H2,1H3. The highest BCUT2D eigenvalue weighted by molar-refractivity contribution is 7.09. The van der Waals surface area contributed by atoms with E-state index in [1.807, 2.05) is 0 Å². The Labute approximate surface area is 93.9 Å². The average Bonchev–Trinajstić information content (AvgIpc) is 2.91. The third-order valence-electron chi connectivity index (χ3n) is 2.47. The molecule has 1 aromatic rings. The normalized spacial score (nSPS) is 16.5. The van der Waals surface area contributed by atoms with Gasteiger partial charge in [-0.3, -0.25) is 4.90 Å². The molecule has 0 radical (unpaired) electrons. The molecule has 1 aliphatic rings. The van der Waals surface area contributed by atoms with Crippen LogP contribution in [-0.2, 0) is 6.54 Å². The van der Waals surface area contributed by atoms with E-state index in [1.54, 1.807) is 11.3 Å². The maximum atomic E-state index is 5.78. The van der Waals surface area contributed by atoms with E-state index in [0.29, 0.717) is 0 Å². The van der Waals surface area contributed by atoms with E-state index >= 15 is 0 Å². The number of hydrogen-bond acceptors (Lipinski definition) is 3. The number of rotatable bonds is 5. The molecule has 0 aromatic carbocycles. The number of alkyl halides is 1. The van der Waals surface area contributed by atoms with E-state index in [-0.39, 0.29) is 0 Å². The van der Waals surface area contributed by atoms with E-state index < -0.39 is 0 Å². The van der Waals surface area contributed by atoms with Crippen molar-refractivity contribution in [3.05, 3.63) is 16.1 Å². The van der Waals surface area contributed by atoms with Crippen LogP contribution in [-0.4, -0.2) is 28.4 Å². The van der Waals surface area contributed by atoms with Crippen molar-refractivity contribution < 1.29 is 0 Å². The lowest BCUT2D eigenvalue weighted by atomic mass is 10.4. The van der Waals surface area contributed by atoms with Gasteiger partial charge >= 0.3 is 0 Å². The highest BCUT2D eigenvalue weighted by atomic mass is 35.5. The van der Waals surface area contributed by atoms with Gasteiger partial charge in [-0.15, -0.1) is 22.9 Å². The van der Waals surface area contributed by atoms with Crippen LogP contribution in [0.2, 0.25) is 0 Å². The van der Waals surface area contributed by atoms with Gasteiger partial charge < -0.3 is 0 Å². The van der Waals surface area contributed by atoms with Crippen molar-refractivity contribution >= 4 is 22.9 Å². The number of hydrogen-bond donors (Lipinski definition) is 0. The van der Waals surface area contributed by atoms with Gasteiger partial charge in [0, 0.05) is 30.4 Å². The molecule has 0 bridgehead atoms. The summed E-state index contributed by atoms with van der Waals surface area (Å²) in [5, 5.41) is 3.31. The molecule has 2 rings (SSSR count). The van der Waals surface area contributed by atoms with Gasteiger partial charge in [0.05, 0.1) is 10.7 Å². The number of thiazole rings is 1. The molecule has 0 saturated heterocycles. The van der Waals surface area contributed by atoms with Crippen molar-refractivity contribution in [3.63, 3.8) is 0 Å². The van der Waals surface area contributed by atoms with Crippen molar-refractivity contribution in [2.45, 2.75) is 32.4 Å². The van der Waals surface area contributed by atoms with Gasteiger partial charge in [0.15, 0.2) is 0 Å². The van der Waals surface area contributed by atoms with Crippen molar-refractivity contribution in [2.75, 3.05) is 12.4 Å². The van der Waals surface area contributed by atoms with Crippen molar-refractivity contribution in [2.24, 2.45) is 0 Å². The molecule has 78 valence electrons. The molecule has 1 aliphatic carbocycles. The van der Waals surface area contributed by atoms with Crippen molar-refractivity contribution in [1.29, 1.82) is 0 Å². The second-order valence-corrected chi connectivity index (χ2v) is 5.19. The van der Waals surface area contributed by atoms with Crippen molar-refractivity contribution in [1.82, 2.24) is 9.88 Å². The summed E-state index contributed by atoms with van der Waals surface area (Å²) in [6.45, 7) is 4.02. The molecular formula is C10H15ClN2S. The minimum atomic E-state index is 0.722. The van der Waals surface area contributed by atoms with Gasteiger partial charge in [-0.25, -0.2) is 4.98 Å². The maximum Gasteiger partial charge on any atom is 0.0897 e. The summed E-state index contributed by atoms with van der Waals surface area (Å²) >= 11 is 7.51. The lowest BCUT2D eigenvalue weighted by Crippen LogP contribution is -2.27. The van der Waals surface area contributed by atoms with E-state index in [2.05, 4.69) is 22.2 Å². The lowest BCUT2D eigenvalue weighted by molar-refractivity contribution is 0.268. The van der Waals surface area contributed by atoms with Gasteiger partial charge in [-0.2, -0.15) is 0 Å². The molecule has 0 spiro atoms. The summed E-state index contributed by atoms with van der Waals surface area (Å²) < 4.78 is 0. The van der Waals surface area contributed by atoms with Gasteiger partial charge in [0.25, 0.3) is 0 Å². The molecule has 0 amide bonds. The van der Waals surface area contributed by atoms with Crippen LogP contribution in [0.4, 0.5) is 0 Å². The molecule has 4 heteroatoms. The van der Waals surface area contributed by atoms with Crippen LogP contribution in [0, 0.1) is 6.92 Å². The molecule has 0 atom stereocenters. The Kier molecular flexibility index (Phi) is 3.42. The Morgan fingerprint density at radius 3 is 2.93 bits per heavy atom. The van der Waals surface area contributed by atoms with Crippen LogP contribution in [0.3, 0.4) is 0 Å². The Morgan fingerprint density at radius 1 is 1.64 bits per heavy atom. The van der Waals surface area contributed by atoms with E-state index in [1.165, 1.54) is 18.5 Å². The quantitative estimate of drug-likeness (QED) is 0.723. The average molecular weight is 231 g/mol. The summed E-state index contributed by atoms with van der Waals surface area (Å²) in [7, 11) is 0. The second-order valence-electron chi connectivity index (χ2n) is 3.75. The smallest absolute Gasteiger partial charge is 0.0897 e. The molecule has 2 nitrogen and oxygen atoms in total. The second kappa shape index (κ2) is 4.60. The van der Waals surface area contributed by atoms with Crippen molar-refractivity contribution in [3.8, 4) is 0 Å². The third kappa shape index (κ3) is 2.69. The fourth-order valence-electron chi connectivity index (χ4n) is 1.63. The van der Waals surface area contributed by atoms with Gasteiger partial charge in [-0.1, -0.05) is 0 Å². The number of aryl methyl sites for hydroxylation is 1. The summed E-state index contributed by atoms with van der Waals surface area (Å²) in [5.41, 5.74) is 1.20. The van der Waals surface area contributed by atoms with Crippen LogP contribution >= 0.6 is 22.9 Å². The van der Waals surface area contributed by atoms with Gasteiger partial charge in [-0.05, 0) is 19.8 Å². The first-order valence-corrected chi connectivity index (χ1v) is 6.42. The minimum absolute atomic E-state index is 0.722. The molecule has 0 aliphatic heterocycles. The third-order valence-corrected chi connectivity index (χ3v) is 3.46. The van der Waals surface area contributed by atoms with Gasteiger partial charge in [0.1, 0.15) is 0 Å². The molecule has 1 heterocycles. The predicted molar refractivity (Wildman–Crippen MR) is 61.0 cm³/mol. The monoisotopic (exact) mass is 230 g/mol. The van der Waals surface area contributed by atoms with E-state index in [4.69, 9.17) is 11.6 Å². The topological polar surface area (TPSA) is 16.1 Å². The largest absolute Gasteiger partial charge is 0.293 e. The SMILES string of the molecule is Cc1nc(CN(CCCl)C2CC2)cs1. The van der Waals surface area contributed by atoms with Crippen LogP contribution in [0.25, 0.3) is 0 Å². The number of aromatic nitrogens is 1. The molecule has 14 heavy (non-hydrogen) atoms. The number of nitrogens with zero attached hydrogens (tertiary/aromatic N) is 2. The number of halogens is 1. The lowest BCUT2D eigenvalue weighted by Gasteiger charge is -2.19. The zero-order valence-corrected chi connectivity index (χ0v) is 9.94. The molecule has 0 N–H and O–H groups in total. The zero-order valence-electron chi connectivity index (χ0n) is 8.37. The summed E-state index contributed by atoms with van der Waals surface area (Å²) in [6.07, 6.45) is 2.67. The van der Waals surface area contributed by atoms with Crippen LogP contribution in [0.5, 0.6) is 0 Å². The Morgan fingerprint density at radius 2 is 2.43 bits per heavy atom. The summed E-state index contributed by atoms with van der Waals surface area (Å²) in [4.78, 5) is 6.92. The van der Waals surface area contributed by atoms with E-state index in [9.17, 15) is 0 Å². The first kappa shape index (κ1) is 10.4. The molecular weight excluding hydrogens is 216 g/mol. The zero-order chi connectivity index (χ0) is 9.97. The maximum absolute atomic E-state index is 5.78. The Hall–Kier alpha value is -0.120. The molecule has 1 saturated carbocycles. The summed E-state index contributed by atoms with van der Waals surface area (Å²) in [5.74, 6) is 0.722. The van der Waals surface area contributed by atoms with E-state index in [0.717, 1.165) is 30.0 Å². The van der Waals surface area contributed by atoms with Crippen LogP contribution < -0.4 is 0 Å². The molecule has 1 fully saturated rings. The van der Waals surface area contributed by atoms with Crippen LogP contribution in [0.15, 0.2) is 5.38 Å². The minimum Gasteiger partial charge on any atom is -0.293 e. The Balaban J connectivity index is 1.92. The molecule has 0 unspecified atom stereocenters. The molecule has 1 aromatic heterocycles. The fourth-order valence-corrected chi connectivity index (χ4v) is 2.45. The predicted octanol–water partition coefficient (Wildman–Crippen LogP) is 2.65.